The van der Waals surface area contributed by atoms with Gasteiger partial charge in [-0.25, -0.2) is 13.6 Å². The second kappa shape index (κ2) is 9.49. The summed E-state index contributed by atoms with van der Waals surface area (Å²) in [6.45, 7) is 0.378. The molecule has 6 nitrogen and oxygen atoms in total. The molecule has 2 N–H and O–H groups in total. The second-order valence-corrected chi connectivity index (χ2v) is 7.68. The fourth-order valence-electron chi connectivity index (χ4n) is 3.80. The Morgan fingerprint density at radius 1 is 1.00 bits per heavy atom. The normalized spacial score (nSPS) is 13.1. The minimum Gasteiger partial charge on any atom is -0.326 e. The van der Waals surface area contributed by atoms with Crippen LogP contribution in [-0.2, 0) is 17.6 Å². The first-order valence-corrected chi connectivity index (χ1v) is 10.3. The highest BCUT2D eigenvalue weighted by Crippen LogP contribution is 2.29. The Morgan fingerprint density at radius 3 is 2.39 bits per heavy atom. The van der Waals surface area contributed by atoms with E-state index in [1.54, 1.807) is 35.2 Å². The number of nitrogens with one attached hydrogen (secondary N) is 2. The number of nitrogens with zero attached hydrogens (tertiary/aromatic N) is 2. The number of amides is 3. The summed E-state index contributed by atoms with van der Waals surface area (Å²) < 4.78 is 26.7. The van der Waals surface area contributed by atoms with Gasteiger partial charge in [0, 0.05) is 24.3 Å². The maximum atomic E-state index is 13.6. The van der Waals surface area contributed by atoms with Crippen LogP contribution in [-0.4, -0.2) is 24.5 Å². The quantitative estimate of drug-likeness (QED) is 0.617. The number of urea groups is 1. The summed E-state index contributed by atoms with van der Waals surface area (Å²) in [5.41, 5.74) is 2.97. The van der Waals surface area contributed by atoms with Gasteiger partial charge in [0.05, 0.1) is 11.6 Å². The molecule has 3 aromatic carbocycles. The lowest BCUT2D eigenvalue weighted by Crippen LogP contribution is -2.50. The number of carbonyl (C=O) groups excluding carboxylic acids is 2. The smallest absolute Gasteiger partial charge is 0.319 e. The van der Waals surface area contributed by atoms with Crippen molar-refractivity contribution in [2.24, 2.45) is 0 Å². The zero-order chi connectivity index (χ0) is 23.4. The lowest BCUT2D eigenvalue weighted by molar-refractivity contribution is -0.120. The number of hydrogen-bond donors (Lipinski definition) is 2. The van der Waals surface area contributed by atoms with E-state index in [9.17, 15) is 18.4 Å². The highest BCUT2D eigenvalue weighted by molar-refractivity contribution is 6.02. The molecule has 0 saturated heterocycles. The summed E-state index contributed by atoms with van der Waals surface area (Å²) in [7, 11) is 0. The van der Waals surface area contributed by atoms with Crippen LogP contribution in [0.5, 0.6) is 0 Å². The average Bonchev–Trinajstić information content (AvgIpc) is 3.23. The van der Waals surface area contributed by atoms with E-state index in [0.717, 1.165) is 11.1 Å². The average molecular weight is 446 g/mol. The van der Waals surface area contributed by atoms with Gasteiger partial charge in [0.25, 0.3) is 0 Å². The molecular formula is C25H20F2N4O2. The van der Waals surface area contributed by atoms with Gasteiger partial charge < -0.3 is 15.5 Å². The fourth-order valence-corrected chi connectivity index (χ4v) is 3.80. The van der Waals surface area contributed by atoms with Crippen molar-refractivity contribution in [2.75, 3.05) is 16.8 Å². The Bertz CT molecular complexity index is 1220. The Morgan fingerprint density at radius 2 is 1.70 bits per heavy atom. The van der Waals surface area contributed by atoms with Gasteiger partial charge in [-0.15, -0.1) is 0 Å². The fraction of sp³-hybridized carbons (Fsp3) is 0.160. The molecule has 0 bridgehead atoms. The molecule has 0 unspecified atom stereocenters. The van der Waals surface area contributed by atoms with Crippen molar-refractivity contribution in [2.45, 2.75) is 18.9 Å². The van der Waals surface area contributed by atoms with Gasteiger partial charge >= 0.3 is 6.03 Å². The molecular weight excluding hydrogens is 426 g/mol. The van der Waals surface area contributed by atoms with Gasteiger partial charge in [0.15, 0.2) is 0 Å². The topological polar surface area (TPSA) is 85.2 Å². The number of halogens is 2. The van der Waals surface area contributed by atoms with Crippen molar-refractivity contribution in [3.8, 4) is 6.07 Å². The van der Waals surface area contributed by atoms with Crippen LogP contribution in [0.2, 0.25) is 0 Å². The first-order valence-electron chi connectivity index (χ1n) is 10.3. The second-order valence-electron chi connectivity index (χ2n) is 7.68. The van der Waals surface area contributed by atoms with Gasteiger partial charge in [-0.05, 0) is 72.1 Å². The van der Waals surface area contributed by atoms with Crippen LogP contribution in [0.1, 0.15) is 16.7 Å². The van der Waals surface area contributed by atoms with E-state index < -0.39 is 17.9 Å². The molecule has 0 radical (unpaired) electrons. The largest absolute Gasteiger partial charge is 0.326 e. The molecule has 1 aliphatic rings. The first kappa shape index (κ1) is 22.0. The molecule has 0 aromatic heterocycles. The van der Waals surface area contributed by atoms with Crippen molar-refractivity contribution < 1.29 is 18.4 Å². The number of hydrogen-bond acceptors (Lipinski definition) is 3. The Balaban J connectivity index is 1.55. The number of fused-ring (bicyclic) bond motifs is 1. The Labute approximate surface area is 189 Å². The highest BCUT2D eigenvalue weighted by atomic mass is 19.1. The van der Waals surface area contributed by atoms with E-state index in [4.69, 9.17) is 5.26 Å². The number of benzene rings is 3. The van der Waals surface area contributed by atoms with Crippen LogP contribution in [0, 0.1) is 23.0 Å². The molecule has 0 fully saturated rings. The van der Waals surface area contributed by atoms with Gasteiger partial charge in [0.2, 0.25) is 5.91 Å². The maximum Gasteiger partial charge on any atom is 0.319 e. The summed E-state index contributed by atoms with van der Waals surface area (Å²) in [5.74, 6) is -1.13. The van der Waals surface area contributed by atoms with Crippen LogP contribution >= 0.6 is 0 Å². The molecule has 0 spiro atoms. The molecule has 0 aliphatic carbocycles. The first-order chi connectivity index (χ1) is 15.9. The third kappa shape index (κ3) is 5.15. The number of nitriles is 1. The van der Waals surface area contributed by atoms with E-state index >= 15 is 0 Å². The van der Waals surface area contributed by atoms with E-state index in [2.05, 4.69) is 10.6 Å². The number of carbonyl (C=O) groups is 2. The van der Waals surface area contributed by atoms with E-state index in [1.807, 2.05) is 6.07 Å². The highest BCUT2D eigenvalue weighted by Gasteiger charge is 2.31. The van der Waals surface area contributed by atoms with Gasteiger partial charge in [-0.2, -0.15) is 5.26 Å². The monoisotopic (exact) mass is 446 g/mol. The van der Waals surface area contributed by atoms with Crippen LogP contribution in [0.4, 0.5) is 25.0 Å². The molecule has 33 heavy (non-hydrogen) atoms. The van der Waals surface area contributed by atoms with Gasteiger partial charge in [-0.1, -0.05) is 12.1 Å². The van der Waals surface area contributed by atoms with Gasteiger partial charge in [0.1, 0.15) is 17.7 Å². The number of rotatable bonds is 5. The summed E-state index contributed by atoms with van der Waals surface area (Å²) in [6.07, 6.45) is 0.707. The van der Waals surface area contributed by atoms with Crippen molar-refractivity contribution >= 4 is 23.3 Å². The molecule has 1 heterocycles. The predicted octanol–water partition coefficient (Wildman–Crippen LogP) is 4.16. The molecule has 166 valence electrons. The van der Waals surface area contributed by atoms with Crippen molar-refractivity contribution in [3.05, 3.63) is 95.1 Å². The lowest BCUT2D eigenvalue weighted by atomic mass is 10.0. The lowest BCUT2D eigenvalue weighted by Gasteiger charge is -2.25. The molecule has 8 heteroatoms. The molecule has 4 rings (SSSR count). The molecule has 3 aromatic rings. The minimum absolute atomic E-state index is 0.189. The van der Waals surface area contributed by atoms with Crippen LogP contribution in [0.15, 0.2) is 66.7 Å². The standard InChI is InChI=1S/C25H20F2N4O2/c26-19-5-8-21(9-6-19)29-25(33)30-22(13-16-1-3-17(15-28)4-2-16)24(32)31-12-11-18-14-20(27)7-10-23(18)31/h1-10,14,22H,11-13H2,(H2,29,30,33)/t22-/m1/s1. The van der Waals surface area contributed by atoms with Crippen LogP contribution in [0.25, 0.3) is 0 Å². The van der Waals surface area contributed by atoms with Crippen molar-refractivity contribution in [1.82, 2.24) is 5.32 Å². The SMILES string of the molecule is N#Cc1ccc(C[C@@H](NC(=O)Nc2ccc(F)cc2)C(=O)N2CCc3cc(F)ccc32)cc1. The van der Waals surface area contributed by atoms with Gasteiger partial charge in [-0.3, -0.25) is 4.79 Å². The maximum absolute atomic E-state index is 13.6. The summed E-state index contributed by atoms with van der Waals surface area (Å²) in [5, 5.41) is 14.3. The summed E-state index contributed by atoms with van der Waals surface area (Å²) in [6, 6.07) is 16.8. The van der Waals surface area contributed by atoms with Crippen molar-refractivity contribution in [3.63, 3.8) is 0 Å². The molecule has 1 atom stereocenters. The summed E-state index contributed by atoms with van der Waals surface area (Å²) >= 11 is 0. The zero-order valence-corrected chi connectivity index (χ0v) is 17.5. The zero-order valence-electron chi connectivity index (χ0n) is 17.5. The van der Waals surface area contributed by atoms with E-state index in [0.29, 0.717) is 29.9 Å². The molecule has 0 saturated carbocycles. The third-order valence-corrected chi connectivity index (χ3v) is 5.43. The third-order valence-electron chi connectivity index (χ3n) is 5.43. The Kier molecular flexibility index (Phi) is 6.31. The Hall–Kier alpha value is -4.25. The predicted molar refractivity (Wildman–Crippen MR) is 120 cm³/mol. The van der Waals surface area contributed by atoms with Crippen LogP contribution < -0.4 is 15.5 Å². The van der Waals surface area contributed by atoms with Crippen LogP contribution in [0.3, 0.4) is 0 Å². The molecule has 3 amide bonds. The van der Waals surface area contributed by atoms with Crippen molar-refractivity contribution in [1.29, 1.82) is 5.26 Å². The number of anilines is 2. The van der Waals surface area contributed by atoms with E-state index in [1.165, 1.54) is 36.4 Å². The van der Waals surface area contributed by atoms with E-state index in [-0.39, 0.29) is 18.1 Å². The molecule has 1 aliphatic heterocycles. The minimum atomic E-state index is -0.922. The summed E-state index contributed by atoms with van der Waals surface area (Å²) in [4.78, 5) is 27.6.